The molecule has 0 spiro atoms. The van der Waals surface area contributed by atoms with Crippen molar-refractivity contribution < 1.29 is 4.92 Å². The largest absolute Gasteiger partial charge is 0.299 e. The molecular weight excluding hydrogens is 450 g/mol. The molecule has 3 aromatic carbocycles. The molecule has 1 aromatic heterocycles. The first-order chi connectivity index (χ1) is 14.5. The maximum absolute atomic E-state index is 13.1. The van der Waals surface area contributed by atoms with Crippen molar-refractivity contribution in [2.24, 2.45) is 10.2 Å². The number of aromatic nitrogens is 2. The average Bonchev–Trinajstić information content (AvgIpc) is 3.10. The van der Waals surface area contributed by atoms with Crippen LogP contribution in [0.1, 0.15) is 0 Å². The predicted octanol–water partition coefficient (Wildman–Crippen LogP) is 5.92. The quantitative estimate of drug-likeness (QED) is 0.225. The van der Waals surface area contributed by atoms with Crippen molar-refractivity contribution in [2.75, 3.05) is 0 Å². The summed E-state index contributed by atoms with van der Waals surface area (Å²) in [5.74, 6) is 0. The minimum absolute atomic E-state index is 0.0585. The number of nitro groups is 1. The van der Waals surface area contributed by atoms with Gasteiger partial charge in [0.1, 0.15) is 0 Å². The lowest BCUT2D eigenvalue weighted by atomic mass is 10.1. The van der Waals surface area contributed by atoms with E-state index in [1.807, 2.05) is 42.5 Å². The van der Waals surface area contributed by atoms with Crippen LogP contribution in [0.25, 0.3) is 16.9 Å². The van der Waals surface area contributed by atoms with Crippen LogP contribution >= 0.6 is 15.9 Å². The Hall–Kier alpha value is -3.85. The van der Waals surface area contributed by atoms with E-state index in [-0.39, 0.29) is 11.4 Å². The summed E-state index contributed by atoms with van der Waals surface area (Å²) in [5.41, 5.74) is 1.98. The minimum Gasteiger partial charge on any atom is -0.288 e. The second kappa shape index (κ2) is 8.26. The molecule has 30 heavy (non-hydrogen) atoms. The molecule has 0 bridgehead atoms. The summed E-state index contributed by atoms with van der Waals surface area (Å²) >= 11 is 3.37. The van der Waals surface area contributed by atoms with E-state index < -0.39 is 10.5 Å². The molecule has 0 aliphatic carbocycles. The zero-order chi connectivity index (χ0) is 21.1. The van der Waals surface area contributed by atoms with Crippen molar-refractivity contribution in [3.05, 3.63) is 104 Å². The van der Waals surface area contributed by atoms with Gasteiger partial charge in [0.05, 0.1) is 22.0 Å². The number of halogens is 1. The number of rotatable bonds is 5. The normalized spacial score (nSPS) is 11.1. The fourth-order valence-electron chi connectivity index (χ4n) is 2.85. The van der Waals surface area contributed by atoms with E-state index in [4.69, 9.17) is 0 Å². The highest BCUT2D eigenvalue weighted by Crippen LogP contribution is 2.28. The molecule has 148 valence electrons. The van der Waals surface area contributed by atoms with Gasteiger partial charge in [0.2, 0.25) is 0 Å². The van der Waals surface area contributed by atoms with Gasteiger partial charge in [0.25, 0.3) is 11.2 Å². The average molecular weight is 464 g/mol. The lowest BCUT2D eigenvalue weighted by Crippen LogP contribution is -2.13. The maximum Gasteiger partial charge on any atom is 0.299 e. The van der Waals surface area contributed by atoms with Gasteiger partial charge in [-0.25, -0.2) is 4.68 Å². The summed E-state index contributed by atoms with van der Waals surface area (Å²) in [6.07, 6.45) is 0. The van der Waals surface area contributed by atoms with Crippen LogP contribution in [-0.4, -0.2) is 14.7 Å². The molecule has 0 saturated heterocycles. The minimum atomic E-state index is -0.492. The Balaban J connectivity index is 1.82. The lowest BCUT2D eigenvalue weighted by Gasteiger charge is -2.01. The zero-order valence-electron chi connectivity index (χ0n) is 15.4. The molecule has 0 fully saturated rings. The number of H-pyrrole nitrogens is 1. The third-order valence-corrected chi connectivity index (χ3v) is 4.87. The fraction of sp³-hybridized carbons (Fsp3) is 0. The SMILES string of the molecule is O=c1c(N=Nc2ccc(Br)cc2)c(-c2ccccc2)[nH]n1-c1ccc([N+](=O)[O-])cc1. The van der Waals surface area contributed by atoms with Crippen LogP contribution in [0, 0.1) is 10.1 Å². The summed E-state index contributed by atoms with van der Waals surface area (Å²) in [6, 6.07) is 22.2. The Bertz CT molecular complexity index is 1280. The first kappa shape index (κ1) is 19.5. The highest BCUT2D eigenvalue weighted by atomic mass is 79.9. The van der Waals surface area contributed by atoms with Crippen LogP contribution in [0.15, 0.2) is 98.4 Å². The predicted molar refractivity (Wildman–Crippen MR) is 117 cm³/mol. The van der Waals surface area contributed by atoms with Crippen molar-refractivity contribution in [1.29, 1.82) is 0 Å². The van der Waals surface area contributed by atoms with Crippen LogP contribution in [-0.2, 0) is 0 Å². The topological polar surface area (TPSA) is 106 Å². The Kier molecular flexibility index (Phi) is 5.36. The fourth-order valence-corrected chi connectivity index (χ4v) is 3.11. The molecule has 0 unspecified atom stereocenters. The number of nitrogens with zero attached hydrogens (tertiary/aromatic N) is 4. The molecule has 0 atom stereocenters. The number of hydrogen-bond donors (Lipinski definition) is 1. The molecule has 4 rings (SSSR count). The van der Waals surface area contributed by atoms with E-state index in [1.165, 1.54) is 28.9 Å². The molecule has 0 saturated carbocycles. The highest BCUT2D eigenvalue weighted by molar-refractivity contribution is 9.10. The van der Waals surface area contributed by atoms with Gasteiger partial charge in [0.15, 0.2) is 5.69 Å². The highest BCUT2D eigenvalue weighted by Gasteiger charge is 2.17. The Labute approximate surface area is 178 Å². The Morgan fingerprint density at radius 1 is 0.900 bits per heavy atom. The van der Waals surface area contributed by atoms with Crippen LogP contribution < -0.4 is 5.56 Å². The van der Waals surface area contributed by atoms with Gasteiger partial charge in [-0.3, -0.25) is 20.0 Å². The van der Waals surface area contributed by atoms with E-state index in [9.17, 15) is 14.9 Å². The molecule has 0 radical (unpaired) electrons. The standard InChI is InChI=1S/C21H14BrN5O3/c22-15-6-8-16(9-7-15)23-24-20-19(14-4-2-1-3-5-14)25-26(21(20)28)17-10-12-18(13-11-17)27(29)30/h1-13,25H. The Morgan fingerprint density at radius 3 is 2.20 bits per heavy atom. The van der Waals surface area contributed by atoms with Gasteiger partial charge in [-0.15, -0.1) is 5.11 Å². The summed E-state index contributed by atoms with van der Waals surface area (Å²) in [4.78, 5) is 23.5. The monoisotopic (exact) mass is 463 g/mol. The van der Waals surface area contributed by atoms with Crippen molar-refractivity contribution >= 4 is 33.0 Å². The van der Waals surface area contributed by atoms with E-state index in [2.05, 4.69) is 31.3 Å². The summed E-state index contributed by atoms with van der Waals surface area (Å²) in [7, 11) is 0. The van der Waals surface area contributed by atoms with Crippen LogP contribution in [0.2, 0.25) is 0 Å². The number of non-ortho nitro benzene ring substituents is 1. The molecule has 0 amide bonds. The molecule has 1 N–H and O–H groups in total. The van der Waals surface area contributed by atoms with E-state index in [0.29, 0.717) is 17.1 Å². The third kappa shape index (κ3) is 3.96. The molecule has 1 heterocycles. The zero-order valence-corrected chi connectivity index (χ0v) is 17.0. The van der Waals surface area contributed by atoms with Gasteiger partial charge in [-0.1, -0.05) is 46.3 Å². The van der Waals surface area contributed by atoms with Crippen LogP contribution in [0.3, 0.4) is 0 Å². The van der Waals surface area contributed by atoms with Gasteiger partial charge < -0.3 is 0 Å². The molecule has 9 heteroatoms. The second-order valence-corrected chi connectivity index (χ2v) is 7.21. The molecule has 8 nitrogen and oxygen atoms in total. The van der Waals surface area contributed by atoms with Crippen molar-refractivity contribution in [3.63, 3.8) is 0 Å². The number of hydrogen-bond acceptors (Lipinski definition) is 5. The summed E-state index contributed by atoms with van der Waals surface area (Å²) in [6.45, 7) is 0. The van der Waals surface area contributed by atoms with Gasteiger partial charge in [-0.2, -0.15) is 5.11 Å². The number of benzene rings is 3. The van der Waals surface area contributed by atoms with Crippen molar-refractivity contribution in [3.8, 4) is 16.9 Å². The summed E-state index contributed by atoms with van der Waals surface area (Å²) < 4.78 is 2.20. The number of azo groups is 1. The van der Waals surface area contributed by atoms with Gasteiger partial charge in [-0.05, 0) is 36.4 Å². The maximum atomic E-state index is 13.1. The Morgan fingerprint density at radius 2 is 1.57 bits per heavy atom. The van der Waals surface area contributed by atoms with Crippen molar-refractivity contribution in [1.82, 2.24) is 9.78 Å². The van der Waals surface area contributed by atoms with Gasteiger partial charge in [0, 0.05) is 22.2 Å². The summed E-state index contributed by atoms with van der Waals surface area (Å²) in [5, 5.41) is 22.3. The van der Waals surface area contributed by atoms with E-state index >= 15 is 0 Å². The van der Waals surface area contributed by atoms with Crippen LogP contribution in [0.5, 0.6) is 0 Å². The number of nitro benzene ring substituents is 1. The second-order valence-electron chi connectivity index (χ2n) is 6.29. The first-order valence-electron chi connectivity index (χ1n) is 8.85. The number of nitrogens with one attached hydrogen (secondary N) is 1. The lowest BCUT2D eigenvalue weighted by molar-refractivity contribution is -0.384. The van der Waals surface area contributed by atoms with Crippen LogP contribution in [0.4, 0.5) is 17.1 Å². The number of aromatic amines is 1. The van der Waals surface area contributed by atoms with E-state index in [0.717, 1.165) is 10.0 Å². The molecule has 4 aromatic rings. The first-order valence-corrected chi connectivity index (χ1v) is 9.65. The molecule has 0 aliphatic heterocycles. The van der Waals surface area contributed by atoms with Gasteiger partial charge >= 0.3 is 0 Å². The van der Waals surface area contributed by atoms with E-state index in [1.54, 1.807) is 12.1 Å². The molecular formula is C21H14BrN5O3. The molecule has 0 aliphatic rings. The van der Waals surface area contributed by atoms with Crippen molar-refractivity contribution in [2.45, 2.75) is 0 Å². The third-order valence-electron chi connectivity index (χ3n) is 4.34. The smallest absolute Gasteiger partial charge is 0.288 e.